The Kier molecular flexibility index (Phi) is 3.12. The fourth-order valence-corrected chi connectivity index (χ4v) is 1.62. The summed E-state index contributed by atoms with van der Waals surface area (Å²) in [6, 6.07) is 3.06. The molecule has 0 aliphatic heterocycles. The Hall–Kier alpha value is -2.20. The smallest absolute Gasteiger partial charge is 0.289 e. The van der Waals surface area contributed by atoms with Crippen LogP contribution in [0.2, 0.25) is 0 Å². The number of nitriles is 1. The first kappa shape index (κ1) is 12.3. The second-order valence-electron chi connectivity index (χ2n) is 4.47. The average Bonchev–Trinajstić information content (AvgIpc) is 3.16. The van der Waals surface area contributed by atoms with Gasteiger partial charge in [0.2, 0.25) is 0 Å². The van der Waals surface area contributed by atoms with Gasteiger partial charge in [-0.25, -0.2) is 4.98 Å². The second kappa shape index (κ2) is 4.58. The Morgan fingerprint density at radius 2 is 2.39 bits per heavy atom. The van der Waals surface area contributed by atoms with E-state index in [0.29, 0.717) is 12.4 Å². The Bertz CT molecular complexity index is 520. The highest BCUT2D eigenvalue weighted by Gasteiger charge is 2.41. The molecule has 1 heterocycles. The van der Waals surface area contributed by atoms with Gasteiger partial charge >= 0.3 is 0 Å². The van der Waals surface area contributed by atoms with Gasteiger partial charge in [0.25, 0.3) is 5.69 Å². The van der Waals surface area contributed by atoms with Gasteiger partial charge in [-0.3, -0.25) is 10.1 Å². The van der Waals surface area contributed by atoms with Crippen molar-refractivity contribution in [3.8, 4) is 6.07 Å². The molecule has 2 N–H and O–H groups in total. The molecule has 0 saturated heterocycles. The third-order valence-electron chi connectivity index (χ3n) is 3.13. The van der Waals surface area contributed by atoms with Crippen molar-refractivity contribution in [2.45, 2.75) is 12.8 Å². The monoisotopic (exact) mass is 248 g/mol. The minimum atomic E-state index is -0.590. The lowest BCUT2D eigenvalue weighted by atomic mass is 10.1. The van der Waals surface area contributed by atoms with E-state index in [0.717, 1.165) is 19.0 Å². The molecule has 0 spiro atoms. The molecule has 1 aromatic rings. The lowest BCUT2D eigenvalue weighted by Crippen LogP contribution is -2.20. The molecule has 2 rings (SSSR count). The van der Waals surface area contributed by atoms with Crippen LogP contribution >= 0.6 is 0 Å². The maximum Gasteiger partial charge on any atom is 0.289 e. The highest BCUT2D eigenvalue weighted by atomic mass is 16.6. The van der Waals surface area contributed by atoms with Crippen molar-refractivity contribution in [3.05, 3.63) is 27.9 Å². The van der Waals surface area contributed by atoms with Gasteiger partial charge in [0.05, 0.1) is 11.5 Å². The number of aromatic nitrogens is 1. The first-order chi connectivity index (χ1) is 8.60. The van der Waals surface area contributed by atoms with Gasteiger partial charge in [-0.1, -0.05) is 0 Å². The van der Waals surface area contributed by atoms with Crippen LogP contribution in [0.25, 0.3) is 0 Å². The van der Waals surface area contributed by atoms with Gasteiger partial charge in [-0.05, 0) is 12.8 Å². The molecule has 94 valence electrons. The SMILES string of the molecule is N#Cc1cc([N+](=O)[O-])cnc1NCC1(CO)CC1. The quantitative estimate of drug-likeness (QED) is 0.594. The summed E-state index contributed by atoms with van der Waals surface area (Å²) in [5.74, 6) is 0.322. The fraction of sp³-hybridized carbons (Fsp3) is 0.455. The van der Waals surface area contributed by atoms with Gasteiger partial charge in [0.1, 0.15) is 23.6 Å². The van der Waals surface area contributed by atoms with Crippen LogP contribution in [0.4, 0.5) is 11.5 Å². The molecule has 7 heteroatoms. The summed E-state index contributed by atoms with van der Waals surface area (Å²) in [5, 5.41) is 31.6. The molecule has 0 radical (unpaired) electrons. The molecular formula is C11H12N4O3. The van der Waals surface area contributed by atoms with Crippen LogP contribution in [-0.2, 0) is 0 Å². The average molecular weight is 248 g/mol. The van der Waals surface area contributed by atoms with E-state index in [1.807, 2.05) is 6.07 Å². The Morgan fingerprint density at radius 3 is 2.89 bits per heavy atom. The van der Waals surface area contributed by atoms with E-state index in [2.05, 4.69) is 10.3 Å². The zero-order valence-corrected chi connectivity index (χ0v) is 9.59. The van der Waals surface area contributed by atoms with Gasteiger partial charge in [-0.2, -0.15) is 5.26 Å². The largest absolute Gasteiger partial charge is 0.396 e. The van der Waals surface area contributed by atoms with Crippen LogP contribution in [0.5, 0.6) is 0 Å². The highest BCUT2D eigenvalue weighted by Crippen LogP contribution is 2.44. The molecule has 1 aliphatic carbocycles. The summed E-state index contributed by atoms with van der Waals surface area (Å²) >= 11 is 0. The molecule has 0 aromatic carbocycles. The number of aliphatic hydroxyl groups excluding tert-OH is 1. The maximum absolute atomic E-state index is 10.6. The topological polar surface area (TPSA) is 112 Å². The maximum atomic E-state index is 10.6. The van der Waals surface area contributed by atoms with Gasteiger partial charge in [0, 0.05) is 18.0 Å². The van der Waals surface area contributed by atoms with Crippen molar-refractivity contribution in [2.75, 3.05) is 18.5 Å². The van der Waals surface area contributed by atoms with Crippen LogP contribution in [0.3, 0.4) is 0 Å². The van der Waals surface area contributed by atoms with Crippen molar-refractivity contribution in [1.82, 2.24) is 4.98 Å². The first-order valence-electron chi connectivity index (χ1n) is 5.49. The zero-order valence-electron chi connectivity index (χ0n) is 9.59. The number of hydrogen-bond donors (Lipinski definition) is 2. The number of anilines is 1. The molecule has 1 fully saturated rings. The molecule has 0 amide bonds. The van der Waals surface area contributed by atoms with Crippen LogP contribution in [0.1, 0.15) is 18.4 Å². The number of hydrogen-bond acceptors (Lipinski definition) is 6. The third kappa shape index (κ3) is 2.38. The summed E-state index contributed by atoms with van der Waals surface area (Å²) in [4.78, 5) is 13.8. The van der Waals surface area contributed by atoms with Crippen LogP contribution in [0, 0.1) is 26.9 Å². The van der Waals surface area contributed by atoms with E-state index in [1.54, 1.807) is 0 Å². The van der Waals surface area contributed by atoms with Crippen LogP contribution in [0.15, 0.2) is 12.3 Å². The lowest BCUT2D eigenvalue weighted by Gasteiger charge is -2.13. The number of nitro groups is 1. The molecule has 18 heavy (non-hydrogen) atoms. The zero-order chi connectivity index (χ0) is 13.2. The predicted molar refractivity (Wildman–Crippen MR) is 62.8 cm³/mol. The molecule has 0 atom stereocenters. The number of rotatable bonds is 5. The van der Waals surface area contributed by atoms with E-state index >= 15 is 0 Å². The van der Waals surface area contributed by atoms with E-state index in [9.17, 15) is 10.1 Å². The predicted octanol–water partition coefficient (Wildman–Crippen LogP) is 1.05. The molecule has 7 nitrogen and oxygen atoms in total. The standard InChI is InChI=1S/C11H12N4O3/c12-4-8-3-9(15(17)18)5-13-10(8)14-6-11(7-16)1-2-11/h3,5,16H,1-2,6-7H2,(H,13,14). The van der Waals surface area contributed by atoms with Crippen molar-refractivity contribution < 1.29 is 10.0 Å². The summed E-state index contributed by atoms with van der Waals surface area (Å²) in [7, 11) is 0. The van der Waals surface area contributed by atoms with Crippen molar-refractivity contribution in [1.29, 1.82) is 5.26 Å². The molecule has 1 aliphatic rings. The number of pyridine rings is 1. The van der Waals surface area contributed by atoms with E-state index in [1.165, 1.54) is 6.07 Å². The summed E-state index contributed by atoms with van der Waals surface area (Å²) in [6.07, 6.45) is 2.98. The van der Waals surface area contributed by atoms with Crippen LogP contribution in [-0.4, -0.2) is 28.2 Å². The Balaban J connectivity index is 2.13. The summed E-state index contributed by atoms with van der Waals surface area (Å²) in [6.45, 7) is 0.609. The minimum Gasteiger partial charge on any atom is -0.396 e. The summed E-state index contributed by atoms with van der Waals surface area (Å²) in [5.41, 5.74) is -0.186. The number of aliphatic hydroxyl groups is 1. The number of nitrogens with zero attached hydrogens (tertiary/aromatic N) is 3. The molecule has 0 unspecified atom stereocenters. The molecule has 1 saturated carbocycles. The van der Waals surface area contributed by atoms with Gasteiger partial charge in [0.15, 0.2) is 0 Å². The highest BCUT2D eigenvalue weighted by molar-refractivity contribution is 5.55. The van der Waals surface area contributed by atoms with Crippen molar-refractivity contribution in [3.63, 3.8) is 0 Å². The van der Waals surface area contributed by atoms with Crippen molar-refractivity contribution in [2.24, 2.45) is 5.41 Å². The Labute approximate surface area is 103 Å². The second-order valence-corrected chi connectivity index (χ2v) is 4.47. The van der Waals surface area contributed by atoms with E-state index in [4.69, 9.17) is 10.4 Å². The van der Waals surface area contributed by atoms with E-state index < -0.39 is 4.92 Å². The lowest BCUT2D eigenvalue weighted by molar-refractivity contribution is -0.385. The number of nitrogens with one attached hydrogen (secondary N) is 1. The fourth-order valence-electron chi connectivity index (χ4n) is 1.62. The van der Waals surface area contributed by atoms with Crippen LogP contribution < -0.4 is 5.32 Å². The van der Waals surface area contributed by atoms with E-state index in [-0.39, 0.29) is 23.3 Å². The normalized spacial score (nSPS) is 15.8. The molecule has 0 bridgehead atoms. The Morgan fingerprint density at radius 1 is 1.67 bits per heavy atom. The van der Waals surface area contributed by atoms with Gasteiger partial charge < -0.3 is 10.4 Å². The summed E-state index contributed by atoms with van der Waals surface area (Å²) < 4.78 is 0. The first-order valence-corrected chi connectivity index (χ1v) is 5.49. The molecular weight excluding hydrogens is 236 g/mol. The van der Waals surface area contributed by atoms with Crippen molar-refractivity contribution >= 4 is 11.5 Å². The minimum absolute atomic E-state index is 0.0921. The van der Waals surface area contributed by atoms with Gasteiger partial charge in [-0.15, -0.1) is 0 Å². The molecule has 1 aromatic heterocycles. The third-order valence-corrected chi connectivity index (χ3v) is 3.13.